The first-order chi connectivity index (χ1) is 13.9. The number of esters is 1. The van der Waals surface area contributed by atoms with Crippen molar-refractivity contribution in [3.8, 4) is 0 Å². The number of aromatic nitrogens is 1. The van der Waals surface area contributed by atoms with Crippen LogP contribution >= 0.6 is 11.3 Å². The highest BCUT2D eigenvalue weighted by atomic mass is 32.1. The van der Waals surface area contributed by atoms with Crippen LogP contribution in [0.3, 0.4) is 0 Å². The maximum atomic E-state index is 12.4. The summed E-state index contributed by atoms with van der Waals surface area (Å²) in [4.78, 5) is 39.3. The first-order valence-corrected chi connectivity index (χ1v) is 10.3. The number of fused-ring (bicyclic) bond motifs is 3. The lowest BCUT2D eigenvalue weighted by Gasteiger charge is -2.18. The molecule has 0 saturated carbocycles. The predicted molar refractivity (Wildman–Crippen MR) is 111 cm³/mol. The van der Waals surface area contributed by atoms with Crippen LogP contribution in [-0.4, -0.2) is 29.4 Å². The zero-order valence-electron chi connectivity index (χ0n) is 15.9. The number of aromatic amines is 1. The summed E-state index contributed by atoms with van der Waals surface area (Å²) >= 11 is 1.18. The smallest absolute Gasteiger partial charge is 0.338 e. The standard InChI is InChI=1S/C21H21N3O4S/c1-11-2-4-16-14(8-11)15-9-12(3-5-17(15)23-16)21(27)28-10-18(25)24-20-13(19(22)26)6-7-29-20/h3,5-7,9,11,23H,2,4,8,10H2,1H3,(H2,22,26)(H,24,25). The van der Waals surface area contributed by atoms with Gasteiger partial charge in [-0.25, -0.2) is 4.79 Å². The van der Waals surface area contributed by atoms with Gasteiger partial charge >= 0.3 is 5.97 Å². The molecule has 4 N–H and O–H groups in total. The average Bonchev–Trinajstić information content (AvgIpc) is 3.30. The number of hydrogen-bond acceptors (Lipinski definition) is 5. The molecule has 0 radical (unpaired) electrons. The number of hydrogen-bond donors (Lipinski definition) is 3. The molecule has 1 aliphatic carbocycles. The summed E-state index contributed by atoms with van der Waals surface area (Å²) in [6.45, 7) is 1.78. The summed E-state index contributed by atoms with van der Waals surface area (Å²) in [6, 6.07) is 6.92. The molecule has 0 saturated heterocycles. The molecule has 2 aromatic heterocycles. The SMILES string of the molecule is CC1CCc2[nH]c3ccc(C(=O)OCC(=O)Nc4sccc4C(N)=O)cc3c2C1. The molecule has 2 amide bonds. The van der Waals surface area contributed by atoms with E-state index in [9.17, 15) is 14.4 Å². The Bertz CT molecular complexity index is 1110. The Morgan fingerprint density at radius 1 is 1.31 bits per heavy atom. The number of H-pyrrole nitrogens is 1. The van der Waals surface area contributed by atoms with E-state index in [1.54, 1.807) is 11.4 Å². The number of amides is 2. The van der Waals surface area contributed by atoms with E-state index in [-0.39, 0.29) is 5.56 Å². The van der Waals surface area contributed by atoms with Crippen LogP contribution in [0.25, 0.3) is 10.9 Å². The van der Waals surface area contributed by atoms with Crippen LogP contribution in [0.1, 0.15) is 45.3 Å². The van der Waals surface area contributed by atoms with Crippen LogP contribution in [0.2, 0.25) is 0 Å². The fourth-order valence-corrected chi connectivity index (χ4v) is 4.50. The highest BCUT2D eigenvalue weighted by Crippen LogP contribution is 2.32. The van der Waals surface area contributed by atoms with Crippen molar-refractivity contribution in [2.45, 2.75) is 26.2 Å². The molecule has 3 aromatic rings. The van der Waals surface area contributed by atoms with E-state index in [1.807, 2.05) is 12.1 Å². The third-order valence-corrected chi connectivity index (χ3v) is 6.02. The van der Waals surface area contributed by atoms with Crippen molar-refractivity contribution in [1.82, 2.24) is 4.98 Å². The van der Waals surface area contributed by atoms with Gasteiger partial charge in [-0.2, -0.15) is 0 Å². The van der Waals surface area contributed by atoms with Crippen molar-refractivity contribution < 1.29 is 19.1 Å². The van der Waals surface area contributed by atoms with Crippen molar-refractivity contribution in [2.24, 2.45) is 11.7 Å². The van der Waals surface area contributed by atoms with Gasteiger partial charge in [-0.3, -0.25) is 9.59 Å². The van der Waals surface area contributed by atoms with Gasteiger partial charge in [0.05, 0.1) is 11.1 Å². The van der Waals surface area contributed by atoms with Gasteiger partial charge in [0, 0.05) is 16.6 Å². The van der Waals surface area contributed by atoms with E-state index >= 15 is 0 Å². The maximum absolute atomic E-state index is 12.4. The number of anilines is 1. The minimum absolute atomic E-state index is 0.228. The molecule has 0 spiro atoms. The molecule has 29 heavy (non-hydrogen) atoms. The fourth-order valence-electron chi connectivity index (χ4n) is 3.70. The van der Waals surface area contributed by atoms with Gasteiger partial charge in [0.1, 0.15) is 5.00 Å². The van der Waals surface area contributed by atoms with E-state index in [1.165, 1.54) is 28.7 Å². The quantitative estimate of drug-likeness (QED) is 0.559. The molecule has 0 aliphatic heterocycles. The molecule has 1 aromatic carbocycles. The number of rotatable bonds is 5. The van der Waals surface area contributed by atoms with E-state index < -0.39 is 24.4 Å². The highest BCUT2D eigenvalue weighted by Gasteiger charge is 2.21. The normalized spacial score (nSPS) is 15.7. The molecule has 150 valence electrons. The topological polar surface area (TPSA) is 114 Å². The molecule has 0 fully saturated rings. The van der Waals surface area contributed by atoms with Gasteiger partial charge in [0.15, 0.2) is 6.61 Å². The molecule has 1 atom stereocenters. The zero-order chi connectivity index (χ0) is 20.5. The molecule has 7 nitrogen and oxygen atoms in total. The second-order valence-corrected chi connectivity index (χ2v) is 8.26. The maximum Gasteiger partial charge on any atom is 0.338 e. The molecular weight excluding hydrogens is 390 g/mol. The van der Waals surface area contributed by atoms with Gasteiger partial charge in [-0.05, 0) is 60.4 Å². The van der Waals surface area contributed by atoms with E-state index in [4.69, 9.17) is 10.5 Å². The Balaban J connectivity index is 1.44. The molecule has 2 heterocycles. The van der Waals surface area contributed by atoms with E-state index in [2.05, 4.69) is 17.2 Å². The molecule has 4 rings (SSSR count). The first-order valence-electron chi connectivity index (χ1n) is 9.40. The summed E-state index contributed by atoms with van der Waals surface area (Å²) in [6.07, 6.45) is 3.16. The number of ether oxygens (including phenoxy) is 1. The summed E-state index contributed by atoms with van der Waals surface area (Å²) in [5.41, 5.74) is 9.40. The molecule has 1 unspecified atom stereocenters. The van der Waals surface area contributed by atoms with Crippen molar-refractivity contribution in [3.63, 3.8) is 0 Å². The Morgan fingerprint density at radius 3 is 2.93 bits per heavy atom. The minimum atomic E-state index is -0.629. The second-order valence-electron chi connectivity index (χ2n) is 7.34. The van der Waals surface area contributed by atoms with Crippen LogP contribution in [0.5, 0.6) is 0 Å². The van der Waals surface area contributed by atoms with Crippen LogP contribution in [0.4, 0.5) is 5.00 Å². The van der Waals surface area contributed by atoms with Crippen molar-refractivity contribution >= 4 is 45.0 Å². The van der Waals surface area contributed by atoms with Crippen LogP contribution < -0.4 is 11.1 Å². The number of primary amides is 1. The largest absolute Gasteiger partial charge is 0.452 e. The fraction of sp³-hybridized carbons (Fsp3) is 0.286. The van der Waals surface area contributed by atoms with Gasteiger partial charge in [0.25, 0.3) is 11.8 Å². The lowest BCUT2D eigenvalue weighted by atomic mass is 9.87. The van der Waals surface area contributed by atoms with Crippen molar-refractivity contribution in [2.75, 3.05) is 11.9 Å². The Kier molecular flexibility index (Phi) is 5.10. The van der Waals surface area contributed by atoms with Gasteiger partial charge in [0.2, 0.25) is 0 Å². The number of nitrogens with one attached hydrogen (secondary N) is 2. The van der Waals surface area contributed by atoms with Crippen LogP contribution in [0.15, 0.2) is 29.6 Å². The average molecular weight is 411 g/mol. The Morgan fingerprint density at radius 2 is 2.14 bits per heavy atom. The molecule has 0 bridgehead atoms. The third-order valence-electron chi connectivity index (χ3n) is 5.19. The first kappa shape index (κ1) is 19.2. The predicted octanol–water partition coefficient (Wildman–Crippen LogP) is 3.25. The number of thiophene rings is 1. The molecule has 1 aliphatic rings. The Hall–Kier alpha value is -3.13. The number of carbonyl (C=O) groups excluding carboxylic acids is 3. The van der Waals surface area contributed by atoms with Crippen LogP contribution in [0, 0.1) is 5.92 Å². The lowest BCUT2D eigenvalue weighted by Crippen LogP contribution is -2.22. The van der Waals surface area contributed by atoms with Crippen molar-refractivity contribution in [1.29, 1.82) is 0 Å². The Labute approximate surface area is 171 Å². The summed E-state index contributed by atoms with van der Waals surface area (Å²) in [5, 5.41) is 5.57. The third kappa shape index (κ3) is 3.88. The molecular formula is C21H21N3O4S. The van der Waals surface area contributed by atoms with Gasteiger partial charge in [-0.15, -0.1) is 11.3 Å². The number of nitrogens with two attached hydrogens (primary N) is 1. The van der Waals surface area contributed by atoms with Gasteiger partial charge in [-0.1, -0.05) is 6.92 Å². The summed E-state index contributed by atoms with van der Waals surface area (Å²) in [7, 11) is 0. The van der Waals surface area contributed by atoms with E-state index in [0.29, 0.717) is 16.5 Å². The number of aryl methyl sites for hydroxylation is 1. The zero-order valence-corrected chi connectivity index (χ0v) is 16.7. The van der Waals surface area contributed by atoms with Gasteiger partial charge < -0.3 is 20.8 Å². The summed E-state index contributed by atoms with van der Waals surface area (Å²) in [5.74, 6) is -1.11. The second kappa shape index (κ2) is 7.71. The lowest BCUT2D eigenvalue weighted by molar-refractivity contribution is -0.119. The highest BCUT2D eigenvalue weighted by molar-refractivity contribution is 7.14. The monoisotopic (exact) mass is 411 g/mol. The molecule has 8 heteroatoms. The minimum Gasteiger partial charge on any atom is -0.452 e. The van der Waals surface area contributed by atoms with Crippen LogP contribution in [-0.2, 0) is 22.4 Å². The summed E-state index contributed by atoms with van der Waals surface area (Å²) < 4.78 is 5.16. The van der Waals surface area contributed by atoms with E-state index in [0.717, 1.165) is 30.2 Å². The number of carbonyl (C=O) groups is 3. The number of benzene rings is 1. The van der Waals surface area contributed by atoms with Crippen molar-refractivity contribution in [3.05, 3.63) is 52.0 Å².